The molecule has 0 fully saturated rings. The molecule has 4 aromatic heterocycles. The molecule has 88 heavy (non-hydrogen) atoms. The Morgan fingerprint density at radius 1 is 0.284 bits per heavy atom. The maximum Gasteiger partial charge on any atom is 0.416 e. The van der Waals surface area contributed by atoms with Crippen LogP contribution in [0.25, 0.3) is 100 Å². The highest BCUT2D eigenvalue weighted by Crippen LogP contribution is 2.47. The van der Waals surface area contributed by atoms with Gasteiger partial charge in [-0.2, -0.15) is 52.7 Å². The van der Waals surface area contributed by atoms with E-state index < -0.39 is 47.0 Å². The van der Waals surface area contributed by atoms with Gasteiger partial charge in [0, 0.05) is 55.6 Å². The van der Waals surface area contributed by atoms with Crippen LogP contribution in [-0.2, 0) is 46.4 Å². The molecular formula is C70H60F12N6. The maximum atomic E-state index is 14.6. The van der Waals surface area contributed by atoms with Crippen molar-refractivity contribution in [1.29, 1.82) is 0 Å². The van der Waals surface area contributed by atoms with Crippen LogP contribution in [0.1, 0.15) is 128 Å². The summed E-state index contributed by atoms with van der Waals surface area (Å²) in [6.07, 6.45) is -16.8. The van der Waals surface area contributed by atoms with Gasteiger partial charge in [0.05, 0.1) is 61.9 Å². The number of hydrogen-bond donors (Lipinski definition) is 0. The summed E-state index contributed by atoms with van der Waals surface area (Å²) in [5.74, 6) is 0.745. The minimum Gasteiger partial charge on any atom is -0.309 e. The molecule has 0 spiro atoms. The fraction of sp³-hybridized carbons (Fsp3) is 0.286. The molecule has 4 heterocycles. The summed E-state index contributed by atoms with van der Waals surface area (Å²) in [7, 11) is 0. The highest BCUT2D eigenvalue weighted by molar-refractivity contribution is 6.12. The van der Waals surface area contributed by atoms with Crippen molar-refractivity contribution >= 4 is 43.6 Å². The first-order valence-corrected chi connectivity index (χ1v) is 28.3. The van der Waals surface area contributed by atoms with E-state index in [4.69, 9.17) is 15.0 Å². The number of alkyl halides is 12. The molecule has 0 unspecified atom stereocenters. The molecule has 0 radical (unpaired) electrons. The van der Waals surface area contributed by atoms with Crippen molar-refractivity contribution in [3.05, 3.63) is 190 Å². The lowest BCUT2D eigenvalue weighted by molar-refractivity contribution is -0.138. The van der Waals surface area contributed by atoms with E-state index in [1.54, 1.807) is 24.3 Å². The molecule has 0 saturated heterocycles. The number of pyridine rings is 1. The van der Waals surface area contributed by atoms with Crippen LogP contribution in [0.3, 0.4) is 0 Å². The van der Waals surface area contributed by atoms with Crippen LogP contribution in [0, 0.1) is 0 Å². The normalized spacial score (nSPS) is 13.5. The van der Waals surface area contributed by atoms with Crippen molar-refractivity contribution in [2.75, 3.05) is 0 Å². The van der Waals surface area contributed by atoms with Crippen molar-refractivity contribution in [2.24, 2.45) is 0 Å². The van der Waals surface area contributed by atoms with Gasteiger partial charge >= 0.3 is 24.7 Å². The van der Waals surface area contributed by atoms with Gasteiger partial charge in [-0.25, -0.2) is 15.0 Å². The molecule has 0 aliphatic heterocycles. The van der Waals surface area contributed by atoms with E-state index in [1.807, 2.05) is 24.3 Å². The number of rotatable bonds is 6. The number of hydrogen-bond acceptors (Lipinski definition) is 4. The molecule has 0 aliphatic carbocycles. The molecule has 6 nitrogen and oxygen atoms in total. The summed E-state index contributed by atoms with van der Waals surface area (Å²) in [4.78, 5) is 20.2. The van der Waals surface area contributed by atoms with E-state index >= 15 is 0 Å². The van der Waals surface area contributed by atoms with Crippen LogP contribution in [0.15, 0.2) is 146 Å². The average molecular weight is 1210 g/mol. The minimum atomic E-state index is -4.90. The third kappa shape index (κ3) is 11.4. The van der Waals surface area contributed by atoms with Gasteiger partial charge in [-0.3, -0.25) is 4.98 Å². The van der Waals surface area contributed by atoms with Gasteiger partial charge in [-0.05, 0) is 165 Å². The summed E-state index contributed by atoms with van der Waals surface area (Å²) in [6.45, 7) is 25.2. The lowest BCUT2D eigenvalue weighted by Crippen LogP contribution is -2.17. The second kappa shape index (κ2) is 20.5. The Morgan fingerprint density at radius 2 is 0.591 bits per heavy atom. The Bertz CT molecular complexity index is 4300. The molecule has 11 rings (SSSR count). The first kappa shape index (κ1) is 61.1. The topological polar surface area (TPSA) is 61.4 Å². The molecule has 11 aromatic rings. The fourth-order valence-electron chi connectivity index (χ4n) is 11.2. The minimum absolute atomic E-state index is 0.0523. The van der Waals surface area contributed by atoms with Crippen molar-refractivity contribution < 1.29 is 52.7 Å². The number of aromatic nitrogens is 6. The van der Waals surface area contributed by atoms with Crippen LogP contribution < -0.4 is 0 Å². The molecule has 454 valence electrons. The standard InChI is InChI=1S/C70H60F12N6/c1-63(2,3)44-25-38(26-45(30-44)64(4,5)6)61-84-60(85-62(86-61)39-27-46(65(7,8)9)31-47(28-39)66(10,11)12)37-13-18-54(87-55-19-14-40(67(71,72)73)32-50(55)51-33-41(68(74,75)76)15-20-56(51)87)49(29-37)48-23-24-83-36-59(48)88-57-21-16-42(69(77,78)79)34-52(57)53-35-43(70(80,81)82)17-22-58(53)88/h13-36H,1-12H3. The van der Waals surface area contributed by atoms with Gasteiger partial charge in [-0.1, -0.05) is 95.2 Å². The van der Waals surface area contributed by atoms with Gasteiger partial charge < -0.3 is 9.13 Å². The van der Waals surface area contributed by atoms with Crippen molar-refractivity contribution in [3.63, 3.8) is 0 Å². The first-order chi connectivity index (χ1) is 40.6. The number of halogens is 12. The Labute approximate surface area is 500 Å². The van der Waals surface area contributed by atoms with Crippen LogP contribution in [0.5, 0.6) is 0 Å². The van der Waals surface area contributed by atoms with Crippen LogP contribution in [-0.4, -0.2) is 29.1 Å². The van der Waals surface area contributed by atoms with Crippen molar-refractivity contribution in [3.8, 4) is 56.7 Å². The number of nitrogens with zero attached hydrogens (tertiary/aromatic N) is 6. The Balaban J connectivity index is 1.28. The van der Waals surface area contributed by atoms with Crippen LogP contribution >= 0.6 is 0 Å². The van der Waals surface area contributed by atoms with E-state index in [9.17, 15) is 52.7 Å². The highest BCUT2D eigenvalue weighted by atomic mass is 19.4. The third-order valence-electron chi connectivity index (χ3n) is 16.1. The van der Waals surface area contributed by atoms with E-state index in [0.29, 0.717) is 28.3 Å². The largest absolute Gasteiger partial charge is 0.416 e. The van der Waals surface area contributed by atoms with Crippen molar-refractivity contribution in [1.82, 2.24) is 29.1 Å². The molecule has 0 amide bonds. The smallest absolute Gasteiger partial charge is 0.309 e. The number of fused-ring (bicyclic) bond motifs is 6. The molecule has 0 bridgehead atoms. The summed E-state index contributed by atoms with van der Waals surface area (Å²) in [5.41, 5.74) is 0.870. The molecule has 0 atom stereocenters. The zero-order valence-electron chi connectivity index (χ0n) is 50.1. The predicted molar refractivity (Wildman–Crippen MR) is 323 cm³/mol. The molecular weight excluding hydrogens is 1150 g/mol. The Kier molecular flexibility index (Phi) is 14.3. The lowest BCUT2D eigenvalue weighted by atomic mass is 9.79. The van der Waals surface area contributed by atoms with E-state index in [1.165, 1.54) is 33.7 Å². The van der Waals surface area contributed by atoms with Gasteiger partial charge in [0.2, 0.25) is 0 Å². The SMILES string of the molecule is CC(C)(C)c1cc(-c2nc(-c3cc(C(C)(C)C)cc(C(C)(C)C)c3)nc(-c3ccc(-n4c5ccc(C(F)(F)F)cc5c5cc(C(F)(F)F)ccc54)c(-c4ccncc4-n4c5ccc(C(F)(F)F)cc5c5cc(C(F)(F)F)ccc54)c3)n2)cc(C(C)(C)C)c1. The second-order valence-electron chi connectivity index (χ2n) is 26.6. The van der Waals surface area contributed by atoms with E-state index in [0.717, 1.165) is 82.9 Å². The zero-order chi connectivity index (χ0) is 64.0. The van der Waals surface area contributed by atoms with Gasteiger partial charge in [0.25, 0.3) is 0 Å². The molecule has 0 N–H and O–H groups in total. The van der Waals surface area contributed by atoms with Gasteiger partial charge in [0.1, 0.15) is 0 Å². The second-order valence-corrected chi connectivity index (χ2v) is 26.6. The molecule has 18 heteroatoms. The van der Waals surface area contributed by atoms with Gasteiger partial charge in [-0.15, -0.1) is 0 Å². The first-order valence-electron chi connectivity index (χ1n) is 28.3. The number of benzene rings is 7. The predicted octanol–water partition coefficient (Wildman–Crippen LogP) is 21.4. The summed E-state index contributed by atoms with van der Waals surface area (Å²) in [6, 6.07) is 30.1. The Hall–Kier alpha value is -8.54. The summed E-state index contributed by atoms with van der Waals surface area (Å²) < 4.78 is 178. The molecule has 7 aromatic carbocycles. The highest BCUT2D eigenvalue weighted by Gasteiger charge is 2.37. The maximum absolute atomic E-state index is 14.6. The quantitative estimate of drug-likeness (QED) is 0.156. The Morgan fingerprint density at radius 3 is 0.898 bits per heavy atom. The monoisotopic (exact) mass is 1210 g/mol. The summed E-state index contributed by atoms with van der Waals surface area (Å²) >= 11 is 0. The summed E-state index contributed by atoms with van der Waals surface area (Å²) in [5, 5.41) is -0.697. The van der Waals surface area contributed by atoms with Crippen molar-refractivity contribution in [2.45, 2.75) is 129 Å². The van der Waals surface area contributed by atoms with Crippen LogP contribution in [0.4, 0.5) is 52.7 Å². The third-order valence-corrected chi connectivity index (χ3v) is 16.1. The lowest BCUT2D eigenvalue weighted by Gasteiger charge is -2.26. The van der Waals surface area contributed by atoms with Crippen LogP contribution in [0.2, 0.25) is 0 Å². The zero-order valence-corrected chi connectivity index (χ0v) is 50.1. The molecule has 0 aliphatic rings. The fourth-order valence-corrected chi connectivity index (χ4v) is 11.2. The average Bonchev–Trinajstić information content (AvgIpc) is 1.65. The molecule has 0 saturated carbocycles. The van der Waals surface area contributed by atoms with E-state index in [2.05, 4.69) is 100 Å². The van der Waals surface area contributed by atoms with Gasteiger partial charge in [0.15, 0.2) is 17.5 Å². The van der Waals surface area contributed by atoms with E-state index in [-0.39, 0.29) is 93.6 Å².